The van der Waals surface area contributed by atoms with Gasteiger partial charge in [-0.3, -0.25) is 4.90 Å². The van der Waals surface area contributed by atoms with Gasteiger partial charge in [0.1, 0.15) is 0 Å². The van der Waals surface area contributed by atoms with Crippen molar-refractivity contribution in [3.05, 3.63) is 35.5 Å². The van der Waals surface area contributed by atoms with Gasteiger partial charge >= 0.3 is 0 Å². The SMILES string of the molecule is COC[C@@H]1CN(Cc2cccc(OC)c2OC)C[C@H]1c1nc(C)no1. The summed E-state index contributed by atoms with van der Waals surface area (Å²) in [6.45, 7) is 5.02. The highest BCUT2D eigenvalue weighted by Crippen LogP contribution is 2.36. The molecule has 2 aromatic rings. The van der Waals surface area contributed by atoms with Crippen molar-refractivity contribution in [3.8, 4) is 11.5 Å². The minimum Gasteiger partial charge on any atom is -0.493 e. The first-order valence-corrected chi connectivity index (χ1v) is 8.37. The highest BCUT2D eigenvalue weighted by Gasteiger charge is 2.37. The van der Waals surface area contributed by atoms with E-state index < -0.39 is 0 Å². The van der Waals surface area contributed by atoms with Crippen LogP contribution in [0, 0.1) is 12.8 Å². The van der Waals surface area contributed by atoms with Gasteiger partial charge in [-0.1, -0.05) is 17.3 Å². The van der Waals surface area contributed by atoms with Crippen LogP contribution in [-0.4, -0.2) is 56.1 Å². The van der Waals surface area contributed by atoms with Gasteiger partial charge in [0.05, 0.1) is 26.7 Å². The predicted molar refractivity (Wildman–Crippen MR) is 92.0 cm³/mol. The molecular weight excluding hydrogens is 322 g/mol. The fourth-order valence-electron chi connectivity index (χ4n) is 3.54. The molecular formula is C18H25N3O4. The molecule has 7 nitrogen and oxygen atoms in total. The summed E-state index contributed by atoms with van der Waals surface area (Å²) in [7, 11) is 5.05. The number of benzene rings is 1. The standard InChI is InChI=1S/C18H25N3O4/c1-12-19-18(25-20-12)15-10-21(9-14(15)11-22-2)8-13-6-5-7-16(23-3)17(13)24-4/h5-7,14-15H,8-11H2,1-4H3/t14-,15+/m0/s1. The third-order valence-electron chi connectivity index (χ3n) is 4.64. The van der Waals surface area contributed by atoms with Crippen LogP contribution in [0.4, 0.5) is 0 Å². The van der Waals surface area contributed by atoms with E-state index in [0.29, 0.717) is 24.2 Å². The van der Waals surface area contributed by atoms with Crippen LogP contribution in [0.5, 0.6) is 11.5 Å². The Morgan fingerprint density at radius 2 is 2.04 bits per heavy atom. The number of aryl methyl sites for hydroxylation is 1. The van der Waals surface area contributed by atoms with Crippen molar-refractivity contribution in [1.29, 1.82) is 0 Å². The maximum absolute atomic E-state index is 5.55. The van der Waals surface area contributed by atoms with Gasteiger partial charge in [0.2, 0.25) is 5.89 Å². The zero-order chi connectivity index (χ0) is 17.8. The number of hydrogen-bond donors (Lipinski definition) is 0. The maximum Gasteiger partial charge on any atom is 0.231 e. The monoisotopic (exact) mass is 347 g/mol. The van der Waals surface area contributed by atoms with Crippen LogP contribution in [0.2, 0.25) is 0 Å². The molecule has 2 atom stereocenters. The number of rotatable bonds is 7. The number of ether oxygens (including phenoxy) is 3. The molecule has 1 aromatic carbocycles. The van der Waals surface area contributed by atoms with Crippen molar-refractivity contribution >= 4 is 0 Å². The summed E-state index contributed by atoms with van der Waals surface area (Å²) in [5.41, 5.74) is 1.10. The summed E-state index contributed by atoms with van der Waals surface area (Å²) in [4.78, 5) is 6.79. The van der Waals surface area contributed by atoms with Crippen LogP contribution in [-0.2, 0) is 11.3 Å². The smallest absolute Gasteiger partial charge is 0.231 e. The molecule has 2 heterocycles. The normalized spacial score (nSPS) is 20.8. The van der Waals surface area contributed by atoms with Gasteiger partial charge in [0.25, 0.3) is 0 Å². The van der Waals surface area contributed by atoms with Crippen molar-refractivity contribution in [2.45, 2.75) is 19.4 Å². The van der Waals surface area contributed by atoms with Gasteiger partial charge in [0, 0.05) is 38.2 Å². The quantitative estimate of drug-likeness (QED) is 0.761. The maximum atomic E-state index is 5.55. The number of likely N-dealkylation sites (tertiary alicyclic amines) is 1. The highest BCUT2D eigenvalue weighted by atomic mass is 16.5. The first kappa shape index (κ1) is 17.7. The average molecular weight is 347 g/mol. The van der Waals surface area contributed by atoms with Crippen molar-refractivity contribution < 1.29 is 18.7 Å². The molecule has 0 radical (unpaired) electrons. The number of nitrogens with zero attached hydrogens (tertiary/aromatic N) is 3. The second-order valence-electron chi connectivity index (χ2n) is 6.35. The molecule has 25 heavy (non-hydrogen) atoms. The molecule has 0 N–H and O–H groups in total. The summed E-state index contributed by atoms with van der Waals surface area (Å²) in [5, 5.41) is 3.93. The molecule has 1 aromatic heterocycles. The summed E-state index contributed by atoms with van der Waals surface area (Å²) in [5.74, 6) is 3.39. The first-order valence-electron chi connectivity index (χ1n) is 8.37. The summed E-state index contributed by atoms with van der Waals surface area (Å²) in [6, 6.07) is 5.96. The van der Waals surface area contributed by atoms with Crippen LogP contribution >= 0.6 is 0 Å². The lowest BCUT2D eigenvalue weighted by molar-refractivity contribution is 0.142. The minimum absolute atomic E-state index is 0.178. The lowest BCUT2D eigenvalue weighted by atomic mass is 9.97. The summed E-state index contributed by atoms with van der Waals surface area (Å²) >= 11 is 0. The van der Waals surface area contributed by atoms with E-state index in [2.05, 4.69) is 21.1 Å². The zero-order valence-electron chi connectivity index (χ0n) is 15.2. The van der Waals surface area contributed by atoms with Crippen LogP contribution in [0.3, 0.4) is 0 Å². The molecule has 0 spiro atoms. The van der Waals surface area contributed by atoms with E-state index in [9.17, 15) is 0 Å². The van der Waals surface area contributed by atoms with E-state index in [1.165, 1.54) is 0 Å². The fourth-order valence-corrected chi connectivity index (χ4v) is 3.54. The Labute approximate surface area is 147 Å². The van der Waals surface area contributed by atoms with E-state index in [0.717, 1.165) is 36.7 Å². The van der Waals surface area contributed by atoms with Gasteiger partial charge in [-0.2, -0.15) is 4.98 Å². The zero-order valence-corrected chi connectivity index (χ0v) is 15.2. The van der Waals surface area contributed by atoms with Crippen LogP contribution < -0.4 is 9.47 Å². The number of para-hydroxylation sites is 1. The fraction of sp³-hybridized carbons (Fsp3) is 0.556. The van der Waals surface area contributed by atoms with E-state index in [-0.39, 0.29) is 5.92 Å². The third kappa shape index (κ3) is 3.77. The third-order valence-corrected chi connectivity index (χ3v) is 4.64. The molecule has 0 aliphatic carbocycles. The van der Waals surface area contributed by atoms with Crippen molar-refractivity contribution in [3.63, 3.8) is 0 Å². The van der Waals surface area contributed by atoms with Gasteiger partial charge in [-0.25, -0.2) is 0 Å². The molecule has 1 saturated heterocycles. The molecule has 0 saturated carbocycles. The molecule has 0 unspecified atom stereocenters. The van der Waals surface area contributed by atoms with E-state index in [4.69, 9.17) is 18.7 Å². The topological polar surface area (TPSA) is 69.9 Å². The second kappa shape index (κ2) is 7.84. The molecule has 3 rings (SSSR count). The molecule has 0 bridgehead atoms. The van der Waals surface area contributed by atoms with Crippen molar-refractivity contribution in [1.82, 2.24) is 15.0 Å². The molecule has 1 aliphatic rings. The second-order valence-corrected chi connectivity index (χ2v) is 6.35. The summed E-state index contributed by atoms with van der Waals surface area (Å²) < 4.78 is 21.8. The molecule has 7 heteroatoms. The Morgan fingerprint density at radius 3 is 2.68 bits per heavy atom. The van der Waals surface area contributed by atoms with E-state index in [1.54, 1.807) is 21.3 Å². The van der Waals surface area contributed by atoms with Crippen molar-refractivity contribution in [2.24, 2.45) is 5.92 Å². The first-order chi connectivity index (χ1) is 12.2. The number of methoxy groups -OCH3 is 3. The average Bonchev–Trinajstić information content (AvgIpc) is 3.21. The van der Waals surface area contributed by atoms with Gasteiger partial charge in [-0.15, -0.1) is 0 Å². The van der Waals surface area contributed by atoms with E-state index >= 15 is 0 Å². The Kier molecular flexibility index (Phi) is 5.55. The van der Waals surface area contributed by atoms with Gasteiger partial charge < -0.3 is 18.7 Å². The van der Waals surface area contributed by atoms with Crippen LogP contribution in [0.25, 0.3) is 0 Å². The lowest BCUT2D eigenvalue weighted by Crippen LogP contribution is -2.21. The molecule has 1 aliphatic heterocycles. The van der Waals surface area contributed by atoms with Crippen LogP contribution in [0.1, 0.15) is 23.2 Å². The Balaban J connectivity index is 1.78. The molecule has 1 fully saturated rings. The highest BCUT2D eigenvalue weighted by molar-refractivity contribution is 5.46. The number of aromatic nitrogens is 2. The largest absolute Gasteiger partial charge is 0.493 e. The minimum atomic E-state index is 0.178. The number of hydrogen-bond acceptors (Lipinski definition) is 7. The Morgan fingerprint density at radius 1 is 1.20 bits per heavy atom. The predicted octanol–water partition coefficient (Wildman–Crippen LogP) is 2.26. The van der Waals surface area contributed by atoms with Crippen molar-refractivity contribution in [2.75, 3.05) is 41.0 Å². The molecule has 136 valence electrons. The summed E-state index contributed by atoms with van der Waals surface area (Å²) in [6.07, 6.45) is 0. The van der Waals surface area contributed by atoms with Crippen LogP contribution in [0.15, 0.2) is 22.7 Å². The molecule has 0 amide bonds. The Hall–Kier alpha value is -2.12. The van der Waals surface area contributed by atoms with E-state index in [1.807, 2.05) is 19.1 Å². The van der Waals surface area contributed by atoms with Gasteiger partial charge in [-0.05, 0) is 13.0 Å². The Bertz CT molecular complexity index is 703. The van der Waals surface area contributed by atoms with Gasteiger partial charge in [0.15, 0.2) is 17.3 Å². The lowest BCUT2D eigenvalue weighted by Gasteiger charge is -2.19.